The van der Waals surface area contributed by atoms with Crippen LogP contribution in [0.4, 0.5) is 10.1 Å². The summed E-state index contributed by atoms with van der Waals surface area (Å²) in [4.78, 5) is 0. The van der Waals surface area contributed by atoms with E-state index in [0.717, 1.165) is 22.9 Å². The minimum Gasteiger partial charge on any atom is -0.284 e. The third-order valence-corrected chi connectivity index (χ3v) is 3.29. The Kier molecular flexibility index (Phi) is 3.57. The summed E-state index contributed by atoms with van der Waals surface area (Å²) in [6.07, 6.45) is 1.11. The molecular weight excluding hydrogens is 265 g/mol. The van der Waals surface area contributed by atoms with Crippen molar-refractivity contribution in [2.45, 2.75) is 6.92 Å². The largest absolute Gasteiger partial charge is 0.284 e. The summed E-state index contributed by atoms with van der Waals surface area (Å²) in [5.41, 5.74) is 3.27. The first-order chi connectivity index (χ1) is 8.85. The van der Waals surface area contributed by atoms with Crippen molar-refractivity contribution in [2.24, 2.45) is 0 Å². The van der Waals surface area contributed by atoms with E-state index in [9.17, 15) is 12.8 Å². The lowest BCUT2D eigenvalue weighted by atomic mass is 10.0. The summed E-state index contributed by atoms with van der Waals surface area (Å²) < 4.78 is 37.6. The van der Waals surface area contributed by atoms with E-state index in [1.54, 1.807) is 24.3 Å². The third-order valence-electron chi connectivity index (χ3n) is 2.68. The number of halogens is 1. The number of hydrogen-bond donors (Lipinski definition) is 1. The molecule has 0 spiro atoms. The molecule has 19 heavy (non-hydrogen) atoms. The van der Waals surface area contributed by atoms with Crippen LogP contribution in [0.25, 0.3) is 11.1 Å². The molecular formula is C14H14FNO2S. The first-order valence-electron chi connectivity index (χ1n) is 5.69. The first-order valence-corrected chi connectivity index (χ1v) is 7.59. The Morgan fingerprint density at radius 1 is 1.05 bits per heavy atom. The summed E-state index contributed by atoms with van der Waals surface area (Å²) in [6.45, 7) is 1.88. The van der Waals surface area contributed by atoms with Gasteiger partial charge in [-0.25, -0.2) is 12.8 Å². The molecule has 2 aromatic rings. The van der Waals surface area contributed by atoms with Gasteiger partial charge in [0.1, 0.15) is 5.82 Å². The molecule has 0 unspecified atom stereocenters. The lowest BCUT2D eigenvalue weighted by Crippen LogP contribution is -2.09. The predicted octanol–water partition coefficient (Wildman–Crippen LogP) is 3.17. The standard InChI is InChI=1S/C14H14FNO2S/c1-10-9-13(16-19(2,17)18)7-8-14(10)11-3-5-12(15)6-4-11/h3-9,16H,1-2H3. The summed E-state index contributed by atoms with van der Waals surface area (Å²) in [5, 5.41) is 0. The Bertz CT molecular complexity index is 694. The van der Waals surface area contributed by atoms with Crippen molar-refractivity contribution in [3.8, 4) is 11.1 Å². The highest BCUT2D eigenvalue weighted by Crippen LogP contribution is 2.26. The van der Waals surface area contributed by atoms with Gasteiger partial charge in [-0.2, -0.15) is 0 Å². The maximum Gasteiger partial charge on any atom is 0.229 e. The molecule has 2 rings (SSSR count). The quantitative estimate of drug-likeness (QED) is 0.938. The van der Waals surface area contributed by atoms with Crippen LogP contribution in [0.2, 0.25) is 0 Å². The molecule has 3 nitrogen and oxygen atoms in total. The molecule has 0 atom stereocenters. The minimum absolute atomic E-state index is 0.281. The van der Waals surface area contributed by atoms with Gasteiger partial charge in [-0.15, -0.1) is 0 Å². The highest BCUT2D eigenvalue weighted by atomic mass is 32.2. The number of benzene rings is 2. The van der Waals surface area contributed by atoms with Crippen LogP contribution in [0.1, 0.15) is 5.56 Å². The highest BCUT2D eigenvalue weighted by Gasteiger charge is 2.06. The molecule has 0 saturated heterocycles. The van der Waals surface area contributed by atoms with E-state index in [1.807, 2.05) is 13.0 Å². The maximum atomic E-state index is 12.9. The van der Waals surface area contributed by atoms with Gasteiger partial charge in [0, 0.05) is 5.69 Å². The molecule has 2 aromatic carbocycles. The number of hydrogen-bond acceptors (Lipinski definition) is 2. The summed E-state index contributed by atoms with van der Waals surface area (Å²) in [5.74, 6) is -0.281. The van der Waals surface area contributed by atoms with E-state index < -0.39 is 10.0 Å². The fraction of sp³-hybridized carbons (Fsp3) is 0.143. The molecule has 0 amide bonds. The predicted molar refractivity (Wildman–Crippen MR) is 75.0 cm³/mol. The van der Waals surface area contributed by atoms with E-state index in [2.05, 4.69) is 4.72 Å². The van der Waals surface area contributed by atoms with E-state index in [1.165, 1.54) is 12.1 Å². The molecule has 0 aliphatic carbocycles. The van der Waals surface area contributed by atoms with Gasteiger partial charge in [-0.3, -0.25) is 4.72 Å². The van der Waals surface area contributed by atoms with Gasteiger partial charge < -0.3 is 0 Å². The van der Waals surface area contributed by atoms with Gasteiger partial charge in [0.25, 0.3) is 0 Å². The molecule has 100 valence electrons. The number of anilines is 1. The topological polar surface area (TPSA) is 46.2 Å². The van der Waals surface area contributed by atoms with Gasteiger partial charge in [-0.1, -0.05) is 18.2 Å². The first kappa shape index (κ1) is 13.5. The third kappa shape index (κ3) is 3.54. The second-order valence-corrected chi connectivity index (χ2v) is 6.16. The number of aryl methyl sites for hydroxylation is 1. The van der Waals surface area contributed by atoms with Crippen molar-refractivity contribution < 1.29 is 12.8 Å². The Hall–Kier alpha value is -1.88. The molecule has 0 aliphatic heterocycles. The molecule has 0 saturated carbocycles. The molecule has 0 heterocycles. The van der Waals surface area contributed by atoms with Crippen LogP contribution in [0.5, 0.6) is 0 Å². The second kappa shape index (κ2) is 5.01. The van der Waals surface area contributed by atoms with Crippen LogP contribution >= 0.6 is 0 Å². The minimum atomic E-state index is -3.28. The van der Waals surface area contributed by atoms with Crippen LogP contribution in [0.3, 0.4) is 0 Å². The second-order valence-electron chi connectivity index (χ2n) is 4.41. The average Bonchev–Trinajstić information content (AvgIpc) is 2.29. The van der Waals surface area contributed by atoms with Crippen molar-refractivity contribution in [3.05, 3.63) is 53.8 Å². The molecule has 0 radical (unpaired) electrons. The van der Waals surface area contributed by atoms with E-state index in [4.69, 9.17) is 0 Å². The van der Waals surface area contributed by atoms with Crippen molar-refractivity contribution in [1.29, 1.82) is 0 Å². The zero-order valence-electron chi connectivity index (χ0n) is 10.6. The summed E-state index contributed by atoms with van der Waals surface area (Å²) in [7, 11) is -3.28. The Morgan fingerprint density at radius 2 is 1.68 bits per heavy atom. The van der Waals surface area contributed by atoms with Crippen molar-refractivity contribution in [2.75, 3.05) is 11.0 Å². The van der Waals surface area contributed by atoms with Gasteiger partial charge >= 0.3 is 0 Å². The zero-order valence-corrected chi connectivity index (χ0v) is 11.5. The van der Waals surface area contributed by atoms with Crippen molar-refractivity contribution >= 4 is 15.7 Å². The van der Waals surface area contributed by atoms with Gasteiger partial charge in [0.2, 0.25) is 10.0 Å². The molecule has 5 heteroatoms. The van der Waals surface area contributed by atoms with Crippen molar-refractivity contribution in [1.82, 2.24) is 0 Å². The highest BCUT2D eigenvalue weighted by molar-refractivity contribution is 7.92. The van der Waals surface area contributed by atoms with Gasteiger partial charge in [-0.05, 0) is 47.9 Å². The van der Waals surface area contributed by atoms with Crippen LogP contribution in [-0.2, 0) is 10.0 Å². The molecule has 1 N–H and O–H groups in total. The molecule has 0 aromatic heterocycles. The SMILES string of the molecule is Cc1cc(NS(C)(=O)=O)ccc1-c1ccc(F)cc1. The van der Waals surface area contributed by atoms with Crippen LogP contribution in [0, 0.1) is 12.7 Å². The number of rotatable bonds is 3. The smallest absolute Gasteiger partial charge is 0.229 e. The van der Waals surface area contributed by atoms with Crippen LogP contribution < -0.4 is 4.72 Å². The van der Waals surface area contributed by atoms with Crippen LogP contribution in [-0.4, -0.2) is 14.7 Å². The Labute approximate surface area is 112 Å². The summed E-state index contributed by atoms with van der Waals surface area (Å²) in [6, 6.07) is 11.4. The van der Waals surface area contributed by atoms with Gasteiger partial charge in [0.05, 0.1) is 6.26 Å². The fourth-order valence-electron chi connectivity index (χ4n) is 1.89. The maximum absolute atomic E-state index is 12.9. The molecule has 0 aliphatic rings. The lowest BCUT2D eigenvalue weighted by Gasteiger charge is -2.09. The Morgan fingerprint density at radius 3 is 2.21 bits per heavy atom. The van der Waals surface area contributed by atoms with Crippen LogP contribution in [0.15, 0.2) is 42.5 Å². The Balaban J connectivity index is 2.37. The number of nitrogens with one attached hydrogen (secondary N) is 1. The normalized spacial score (nSPS) is 11.3. The summed E-state index contributed by atoms with van der Waals surface area (Å²) >= 11 is 0. The monoisotopic (exact) mass is 279 g/mol. The zero-order chi connectivity index (χ0) is 14.0. The number of sulfonamides is 1. The fourth-order valence-corrected chi connectivity index (χ4v) is 2.45. The molecule has 0 bridgehead atoms. The van der Waals surface area contributed by atoms with E-state index in [0.29, 0.717) is 5.69 Å². The average molecular weight is 279 g/mol. The lowest BCUT2D eigenvalue weighted by molar-refractivity contribution is 0.607. The van der Waals surface area contributed by atoms with E-state index in [-0.39, 0.29) is 5.82 Å². The van der Waals surface area contributed by atoms with Crippen molar-refractivity contribution in [3.63, 3.8) is 0 Å². The van der Waals surface area contributed by atoms with E-state index >= 15 is 0 Å². The van der Waals surface area contributed by atoms with Gasteiger partial charge in [0.15, 0.2) is 0 Å². The molecule has 0 fully saturated rings.